The molecule has 6 heteroatoms. The number of piperazine rings is 1. The van der Waals surface area contributed by atoms with Gasteiger partial charge in [0.1, 0.15) is 0 Å². The SMILES string of the molecule is COC(=O)CCC[C@H](N)C(=O)N1CCN(C)CC1. The summed E-state index contributed by atoms with van der Waals surface area (Å²) in [4.78, 5) is 26.9. The van der Waals surface area contributed by atoms with Crippen molar-refractivity contribution in [3.8, 4) is 0 Å². The summed E-state index contributed by atoms with van der Waals surface area (Å²) in [5.41, 5.74) is 5.85. The molecule has 0 bridgehead atoms. The summed E-state index contributed by atoms with van der Waals surface area (Å²) < 4.78 is 4.54. The molecule has 0 unspecified atom stereocenters. The minimum atomic E-state index is -0.502. The first-order chi connectivity index (χ1) is 8.54. The van der Waals surface area contributed by atoms with E-state index in [1.807, 2.05) is 11.9 Å². The molecule has 1 saturated heterocycles. The second kappa shape index (κ2) is 7.33. The Bertz CT molecular complexity index is 288. The van der Waals surface area contributed by atoms with Crippen molar-refractivity contribution < 1.29 is 14.3 Å². The van der Waals surface area contributed by atoms with Crippen LogP contribution in [0.4, 0.5) is 0 Å². The molecule has 0 aromatic carbocycles. The predicted molar refractivity (Wildman–Crippen MR) is 67.9 cm³/mol. The fourth-order valence-corrected chi connectivity index (χ4v) is 1.95. The lowest BCUT2D eigenvalue weighted by Crippen LogP contribution is -2.52. The molecular formula is C12H23N3O3. The standard InChI is InChI=1S/C12H23N3O3/c1-14-6-8-15(9-7-14)12(17)10(13)4-3-5-11(16)18-2/h10H,3-9,13H2,1-2H3/t10-/m0/s1. The zero-order chi connectivity index (χ0) is 13.5. The van der Waals surface area contributed by atoms with Crippen molar-refractivity contribution in [2.75, 3.05) is 40.3 Å². The number of hydrogen-bond donors (Lipinski definition) is 1. The maximum atomic E-state index is 12.0. The first-order valence-electron chi connectivity index (χ1n) is 6.34. The molecule has 1 atom stereocenters. The van der Waals surface area contributed by atoms with Gasteiger partial charge in [0.05, 0.1) is 13.2 Å². The van der Waals surface area contributed by atoms with Crippen LogP contribution in [0, 0.1) is 0 Å². The minimum Gasteiger partial charge on any atom is -0.469 e. The summed E-state index contributed by atoms with van der Waals surface area (Å²) in [7, 11) is 3.40. The molecule has 1 rings (SSSR count). The van der Waals surface area contributed by atoms with E-state index in [1.54, 1.807) is 0 Å². The molecule has 0 spiro atoms. The van der Waals surface area contributed by atoms with E-state index in [1.165, 1.54) is 7.11 Å². The van der Waals surface area contributed by atoms with Gasteiger partial charge in [-0.05, 0) is 19.9 Å². The Balaban J connectivity index is 2.26. The zero-order valence-electron chi connectivity index (χ0n) is 11.2. The van der Waals surface area contributed by atoms with Crippen molar-refractivity contribution >= 4 is 11.9 Å². The molecule has 1 aliphatic heterocycles. The highest BCUT2D eigenvalue weighted by Crippen LogP contribution is 2.06. The zero-order valence-corrected chi connectivity index (χ0v) is 11.2. The second-order valence-electron chi connectivity index (χ2n) is 4.70. The van der Waals surface area contributed by atoms with Gasteiger partial charge in [-0.15, -0.1) is 0 Å². The number of amides is 1. The van der Waals surface area contributed by atoms with E-state index in [9.17, 15) is 9.59 Å². The van der Waals surface area contributed by atoms with Gasteiger partial charge in [0, 0.05) is 32.6 Å². The quantitative estimate of drug-likeness (QED) is 0.668. The van der Waals surface area contributed by atoms with Crippen LogP contribution in [-0.4, -0.2) is 68.1 Å². The van der Waals surface area contributed by atoms with Gasteiger partial charge < -0.3 is 20.3 Å². The average molecular weight is 257 g/mol. The van der Waals surface area contributed by atoms with Crippen LogP contribution in [0.5, 0.6) is 0 Å². The maximum absolute atomic E-state index is 12.0. The van der Waals surface area contributed by atoms with Crippen LogP contribution in [0.2, 0.25) is 0 Å². The molecular weight excluding hydrogens is 234 g/mol. The van der Waals surface area contributed by atoms with Crippen LogP contribution < -0.4 is 5.73 Å². The first kappa shape index (κ1) is 14.9. The number of rotatable bonds is 5. The van der Waals surface area contributed by atoms with Crippen molar-refractivity contribution in [1.29, 1.82) is 0 Å². The second-order valence-corrected chi connectivity index (χ2v) is 4.70. The number of carbonyl (C=O) groups excluding carboxylic acids is 2. The highest BCUT2D eigenvalue weighted by Gasteiger charge is 2.23. The molecule has 1 amide bonds. The van der Waals surface area contributed by atoms with Gasteiger partial charge in [-0.3, -0.25) is 9.59 Å². The summed E-state index contributed by atoms with van der Waals surface area (Å²) >= 11 is 0. The number of methoxy groups -OCH3 is 1. The summed E-state index contributed by atoms with van der Waals surface area (Å²) in [5, 5.41) is 0. The third-order valence-corrected chi connectivity index (χ3v) is 3.26. The molecule has 1 aliphatic rings. The Labute approximate surface area is 108 Å². The van der Waals surface area contributed by atoms with Crippen LogP contribution in [0.3, 0.4) is 0 Å². The number of nitrogens with two attached hydrogens (primary N) is 1. The lowest BCUT2D eigenvalue weighted by molar-refractivity contribution is -0.141. The van der Waals surface area contributed by atoms with Crippen molar-refractivity contribution in [2.24, 2.45) is 5.73 Å². The van der Waals surface area contributed by atoms with Gasteiger partial charge in [0.25, 0.3) is 0 Å². The number of likely N-dealkylation sites (N-methyl/N-ethyl adjacent to an activating group) is 1. The summed E-state index contributed by atoms with van der Waals surface area (Å²) in [5.74, 6) is -0.262. The van der Waals surface area contributed by atoms with Gasteiger partial charge in [-0.2, -0.15) is 0 Å². The van der Waals surface area contributed by atoms with Crippen LogP contribution in [0.25, 0.3) is 0 Å². The van der Waals surface area contributed by atoms with E-state index < -0.39 is 6.04 Å². The number of esters is 1. The monoisotopic (exact) mass is 257 g/mol. The van der Waals surface area contributed by atoms with Gasteiger partial charge in [-0.25, -0.2) is 0 Å². The van der Waals surface area contributed by atoms with Crippen LogP contribution in [0.1, 0.15) is 19.3 Å². The number of hydrogen-bond acceptors (Lipinski definition) is 5. The van der Waals surface area contributed by atoms with Crippen LogP contribution >= 0.6 is 0 Å². The van der Waals surface area contributed by atoms with Crippen LogP contribution in [-0.2, 0) is 14.3 Å². The molecule has 2 N–H and O–H groups in total. The molecule has 18 heavy (non-hydrogen) atoms. The summed E-state index contributed by atoms with van der Waals surface area (Å²) in [6.45, 7) is 3.25. The lowest BCUT2D eigenvalue weighted by atomic mass is 10.1. The van der Waals surface area contributed by atoms with Gasteiger partial charge >= 0.3 is 5.97 Å². The van der Waals surface area contributed by atoms with Crippen LogP contribution in [0.15, 0.2) is 0 Å². The fourth-order valence-electron chi connectivity index (χ4n) is 1.95. The maximum Gasteiger partial charge on any atom is 0.305 e. The number of ether oxygens (including phenoxy) is 1. The van der Waals surface area contributed by atoms with E-state index in [2.05, 4.69) is 9.64 Å². The third-order valence-electron chi connectivity index (χ3n) is 3.26. The lowest BCUT2D eigenvalue weighted by Gasteiger charge is -2.33. The Morgan fingerprint density at radius 3 is 2.44 bits per heavy atom. The minimum absolute atomic E-state index is 0.00651. The molecule has 1 fully saturated rings. The fraction of sp³-hybridized carbons (Fsp3) is 0.833. The van der Waals surface area contributed by atoms with E-state index in [0.29, 0.717) is 19.3 Å². The van der Waals surface area contributed by atoms with E-state index in [4.69, 9.17) is 5.73 Å². The summed E-state index contributed by atoms with van der Waals surface area (Å²) in [6, 6.07) is -0.502. The van der Waals surface area contributed by atoms with E-state index in [-0.39, 0.29) is 11.9 Å². The molecule has 0 saturated carbocycles. The Morgan fingerprint density at radius 2 is 1.89 bits per heavy atom. The molecule has 6 nitrogen and oxygen atoms in total. The number of nitrogens with zero attached hydrogens (tertiary/aromatic N) is 2. The summed E-state index contributed by atoms with van der Waals surface area (Å²) in [6.07, 6.45) is 1.44. The highest BCUT2D eigenvalue weighted by atomic mass is 16.5. The molecule has 1 heterocycles. The molecule has 0 aliphatic carbocycles. The Morgan fingerprint density at radius 1 is 1.28 bits per heavy atom. The topological polar surface area (TPSA) is 75.9 Å². The molecule has 104 valence electrons. The van der Waals surface area contributed by atoms with E-state index >= 15 is 0 Å². The smallest absolute Gasteiger partial charge is 0.305 e. The highest BCUT2D eigenvalue weighted by molar-refractivity contribution is 5.81. The van der Waals surface area contributed by atoms with E-state index in [0.717, 1.165) is 26.2 Å². The van der Waals surface area contributed by atoms with Gasteiger partial charge in [-0.1, -0.05) is 0 Å². The Kier molecular flexibility index (Phi) is 6.07. The van der Waals surface area contributed by atoms with Crippen molar-refractivity contribution in [1.82, 2.24) is 9.80 Å². The normalized spacial score (nSPS) is 18.5. The van der Waals surface area contributed by atoms with Crippen molar-refractivity contribution in [2.45, 2.75) is 25.3 Å². The van der Waals surface area contributed by atoms with Gasteiger partial charge in [0.15, 0.2) is 0 Å². The van der Waals surface area contributed by atoms with Gasteiger partial charge in [0.2, 0.25) is 5.91 Å². The first-order valence-corrected chi connectivity index (χ1v) is 6.34. The number of carbonyl (C=O) groups is 2. The molecule has 0 radical (unpaired) electrons. The largest absolute Gasteiger partial charge is 0.469 e. The third kappa shape index (κ3) is 4.62. The molecule has 0 aromatic rings. The Hall–Kier alpha value is -1.14. The predicted octanol–water partition coefficient (Wildman–Crippen LogP) is -0.569. The van der Waals surface area contributed by atoms with Crippen molar-refractivity contribution in [3.05, 3.63) is 0 Å². The average Bonchev–Trinajstić information content (AvgIpc) is 2.38. The molecule has 0 aromatic heterocycles. The van der Waals surface area contributed by atoms with Crippen molar-refractivity contribution in [3.63, 3.8) is 0 Å².